The zero-order valence-corrected chi connectivity index (χ0v) is 14.6. The molecule has 0 saturated carbocycles. The lowest BCUT2D eigenvalue weighted by Gasteiger charge is -2.24. The number of rotatable bonds is 6. The molecule has 5 nitrogen and oxygen atoms in total. The Bertz CT molecular complexity index is 698. The number of halogens is 1. The monoisotopic (exact) mass is 348 g/mol. The molecule has 1 aromatic carbocycles. The molecule has 0 bridgehead atoms. The molecule has 1 aromatic heterocycles. The third-order valence-corrected chi connectivity index (χ3v) is 4.06. The molecule has 0 saturated heterocycles. The second kappa shape index (κ2) is 8.02. The summed E-state index contributed by atoms with van der Waals surface area (Å²) < 4.78 is 5.06. The molecule has 2 atom stereocenters. The molecule has 0 aliphatic carbocycles. The van der Waals surface area contributed by atoms with E-state index in [9.17, 15) is 9.59 Å². The van der Waals surface area contributed by atoms with Crippen LogP contribution in [-0.2, 0) is 4.79 Å². The Morgan fingerprint density at radius 3 is 2.33 bits per heavy atom. The summed E-state index contributed by atoms with van der Waals surface area (Å²) in [7, 11) is 0. The molecule has 2 unspecified atom stereocenters. The summed E-state index contributed by atoms with van der Waals surface area (Å²) in [6.45, 7) is 5.59. The van der Waals surface area contributed by atoms with Gasteiger partial charge in [-0.3, -0.25) is 9.59 Å². The normalized spacial score (nSPS) is 13.4. The number of hydrogen-bond donors (Lipinski definition) is 2. The first-order chi connectivity index (χ1) is 11.4. The standard InChI is InChI=1S/C18H21ClN2O3/c1-11(2)16(21-17(22)15-9-6-10-24-15)18(23)20-12(3)13-7-4-5-8-14(13)19/h4-12,16H,1-3H3,(H,20,23)(H,21,22). The van der Waals surface area contributed by atoms with Crippen LogP contribution >= 0.6 is 11.6 Å². The summed E-state index contributed by atoms with van der Waals surface area (Å²) in [4.78, 5) is 24.7. The maximum Gasteiger partial charge on any atom is 0.287 e. The highest BCUT2D eigenvalue weighted by Gasteiger charge is 2.27. The first kappa shape index (κ1) is 18.1. The Morgan fingerprint density at radius 2 is 1.75 bits per heavy atom. The van der Waals surface area contributed by atoms with Gasteiger partial charge in [-0.1, -0.05) is 43.6 Å². The van der Waals surface area contributed by atoms with Crippen molar-refractivity contribution in [3.63, 3.8) is 0 Å². The molecule has 0 aliphatic rings. The second-order valence-electron chi connectivity index (χ2n) is 5.92. The summed E-state index contributed by atoms with van der Waals surface area (Å²) >= 11 is 6.16. The van der Waals surface area contributed by atoms with Crippen LogP contribution in [0.1, 0.15) is 42.9 Å². The van der Waals surface area contributed by atoms with Gasteiger partial charge < -0.3 is 15.1 Å². The van der Waals surface area contributed by atoms with Crippen molar-refractivity contribution < 1.29 is 14.0 Å². The van der Waals surface area contributed by atoms with Crippen molar-refractivity contribution in [2.45, 2.75) is 32.9 Å². The second-order valence-corrected chi connectivity index (χ2v) is 6.33. The number of hydrogen-bond acceptors (Lipinski definition) is 3. The van der Waals surface area contributed by atoms with Crippen LogP contribution in [0.25, 0.3) is 0 Å². The van der Waals surface area contributed by atoms with Crippen LogP contribution in [0.5, 0.6) is 0 Å². The Morgan fingerprint density at radius 1 is 1.04 bits per heavy atom. The van der Waals surface area contributed by atoms with Crippen LogP contribution in [0.4, 0.5) is 0 Å². The van der Waals surface area contributed by atoms with Crippen molar-refractivity contribution in [3.05, 3.63) is 59.0 Å². The molecule has 0 aliphatic heterocycles. The predicted octanol–water partition coefficient (Wildman–Crippen LogP) is 3.56. The van der Waals surface area contributed by atoms with E-state index >= 15 is 0 Å². The average Bonchev–Trinajstić information content (AvgIpc) is 3.06. The first-order valence-corrected chi connectivity index (χ1v) is 8.17. The number of carbonyl (C=O) groups excluding carboxylic acids is 2. The molecule has 2 aromatic rings. The van der Waals surface area contributed by atoms with E-state index in [4.69, 9.17) is 16.0 Å². The lowest BCUT2D eigenvalue weighted by atomic mass is 10.0. The number of benzene rings is 1. The Balaban J connectivity index is 2.06. The number of furan rings is 1. The van der Waals surface area contributed by atoms with Gasteiger partial charge in [0.2, 0.25) is 5.91 Å². The zero-order chi connectivity index (χ0) is 17.7. The fourth-order valence-corrected chi connectivity index (χ4v) is 2.66. The molecule has 2 rings (SSSR count). The van der Waals surface area contributed by atoms with E-state index in [1.54, 1.807) is 18.2 Å². The van der Waals surface area contributed by atoms with Gasteiger partial charge >= 0.3 is 0 Å². The molecule has 0 spiro atoms. The van der Waals surface area contributed by atoms with E-state index in [1.165, 1.54) is 6.26 Å². The third-order valence-electron chi connectivity index (χ3n) is 3.71. The Labute approximate surface area is 146 Å². The average molecular weight is 349 g/mol. The summed E-state index contributed by atoms with van der Waals surface area (Å²) in [6.07, 6.45) is 1.42. The molecule has 2 N–H and O–H groups in total. The smallest absolute Gasteiger partial charge is 0.287 e. The fourth-order valence-electron chi connectivity index (χ4n) is 2.36. The summed E-state index contributed by atoms with van der Waals surface area (Å²) in [5, 5.41) is 6.20. The fraction of sp³-hybridized carbons (Fsp3) is 0.333. The summed E-state index contributed by atoms with van der Waals surface area (Å²) in [5.74, 6) is -0.591. The van der Waals surface area contributed by atoms with E-state index in [2.05, 4.69) is 10.6 Å². The quantitative estimate of drug-likeness (QED) is 0.838. The first-order valence-electron chi connectivity index (χ1n) is 7.79. The maximum atomic E-state index is 12.6. The van der Waals surface area contributed by atoms with E-state index < -0.39 is 11.9 Å². The third kappa shape index (κ3) is 4.38. The van der Waals surface area contributed by atoms with Gasteiger partial charge in [0.15, 0.2) is 5.76 Å². The Kier molecular flexibility index (Phi) is 6.04. The van der Waals surface area contributed by atoms with E-state index in [1.807, 2.05) is 39.0 Å². The van der Waals surface area contributed by atoms with Crippen molar-refractivity contribution >= 4 is 23.4 Å². The molecular formula is C18H21ClN2O3. The van der Waals surface area contributed by atoms with Crippen molar-refractivity contribution in [1.82, 2.24) is 10.6 Å². The van der Waals surface area contributed by atoms with Crippen LogP contribution in [-0.4, -0.2) is 17.9 Å². The molecule has 24 heavy (non-hydrogen) atoms. The van der Waals surface area contributed by atoms with Crippen molar-refractivity contribution in [2.24, 2.45) is 5.92 Å². The molecule has 0 radical (unpaired) electrons. The summed E-state index contributed by atoms with van der Waals surface area (Å²) in [5.41, 5.74) is 0.826. The van der Waals surface area contributed by atoms with Crippen LogP contribution in [0.2, 0.25) is 5.02 Å². The highest BCUT2D eigenvalue weighted by atomic mass is 35.5. The van der Waals surface area contributed by atoms with Gasteiger partial charge in [0, 0.05) is 5.02 Å². The van der Waals surface area contributed by atoms with Crippen molar-refractivity contribution in [1.29, 1.82) is 0 Å². The molecule has 6 heteroatoms. The number of carbonyl (C=O) groups is 2. The van der Waals surface area contributed by atoms with Crippen LogP contribution < -0.4 is 10.6 Å². The number of nitrogens with one attached hydrogen (secondary N) is 2. The minimum atomic E-state index is -0.674. The van der Waals surface area contributed by atoms with E-state index in [0.717, 1.165) is 5.56 Å². The topological polar surface area (TPSA) is 71.3 Å². The summed E-state index contributed by atoms with van der Waals surface area (Å²) in [6, 6.07) is 9.57. The van der Waals surface area contributed by atoms with Crippen molar-refractivity contribution in [3.8, 4) is 0 Å². The lowest BCUT2D eigenvalue weighted by molar-refractivity contribution is -0.124. The highest BCUT2D eigenvalue weighted by molar-refractivity contribution is 6.31. The van der Waals surface area contributed by atoms with E-state index in [0.29, 0.717) is 5.02 Å². The van der Waals surface area contributed by atoms with Gasteiger partial charge in [0.05, 0.1) is 12.3 Å². The minimum absolute atomic E-state index is 0.0812. The lowest BCUT2D eigenvalue weighted by Crippen LogP contribution is -2.50. The van der Waals surface area contributed by atoms with Gasteiger partial charge in [0.1, 0.15) is 6.04 Å². The van der Waals surface area contributed by atoms with Crippen LogP contribution in [0, 0.1) is 5.92 Å². The van der Waals surface area contributed by atoms with Gasteiger partial charge in [0.25, 0.3) is 5.91 Å². The van der Waals surface area contributed by atoms with Gasteiger partial charge in [-0.15, -0.1) is 0 Å². The van der Waals surface area contributed by atoms with Crippen LogP contribution in [0.3, 0.4) is 0 Å². The molecule has 0 fully saturated rings. The van der Waals surface area contributed by atoms with E-state index in [-0.39, 0.29) is 23.6 Å². The largest absolute Gasteiger partial charge is 0.459 e. The molecule has 128 valence electrons. The van der Waals surface area contributed by atoms with Gasteiger partial charge in [-0.25, -0.2) is 0 Å². The predicted molar refractivity (Wildman–Crippen MR) is 92.8 cm³/mol. The van der Waals surface area contributed by atoms with Crippen molar-refractivity contribution in [2.75, 3.05) is 0 Å². The minimum Gasteiger partial charge on any atom is -0.459 e. The SMILES string of the molecule is CC(NC(=O)C(NC(=O)c1ccco1)C(C)C)c1ccccc1Cl. The molecular weight excluding hydrogens is 328 g/mol. The molecule has 1 heterocycles. The molecule has 2 amide bonds. The Hall–Kier alpha value is -2.27. The maximum absolute atomic E-state index is 12.6. The number of amides is 2. The van der Waals surface area contributed by atoms with Crippen LogP contribution in [0.15, 0.2) is 47.1 Å². The van der Waals surface area contributed by atoms with Gasteiger partial charge in [-0.05, 0) is 36.6 Å². The zero-order valence-electron chi connectivity index (χ0n) is 13.9. The highest BCUT2D eigenvalue weighted by Crippen LogP contribution is 2.22. The van der Waals surface area contributed by atoms with Gasteiger partial charge in [-0.2, -0.15) is 0 Å².